The number of aliphatic hydroxyl groups excluding tert-OH is 11. The predicted octanol–water partition coefficient (Wildman–Crippen LogP) is 9.15. The molecule has 528 valence electrons. The van der Waals surface area contributed by atoms with Crippen LogP contribution in [-0.2, 0) is 33.2 Å². The lowest BCUT2D eigenvalue weighted by atomic mass is 9.96. The van der Waals surface area contributed by atoms with Crippen molar-refractivity contribution in [2.45, 2.75) is 285 Å². The first-order valence-corrected chi connectivity index (χ1v) is 34.6. The van der Waals surface area contributed by atoms with Crippen molar-refractivity contribution in [3.05, 3.63) is 146 Å². The van der Waals surface area contributed by atoms with Gasteiger partial charge in [0.05, 0.1) is 38.6 Å². The van der Waals surface area contributed by atoms with Crippen LogP contribution in [0.15, 0.2) is 146 Å². The molecule has 17 atom stereocenters. The van der Waals surface area contributed by atoms with Crippen molar-refractivity contribution >= 4 is 5.91 Å². The van der Waals surface area contributed by atoms with Gasteiger partial charge in [0, 0.05) is 6.42 Å². The van der Waals surface area contributed by atoms with Crippen molar-refractivity contribution in [3.8, 4) is 0 Å². The number of hydrogen-bond donors (Lipinski definition) is 12. The van der Waals surface area contributed by atoms with Gasteiger partial charge in [0.1, 0.15) is 73.2 Å². The van der Waals surface area contributed by atoms with E-state index in [0.717, 1.165) is 116 Å². The molecule has 3 fully saturated rings. The molecule has 0 bridgehead atoms. The van der Waals surface area contributed by atoms with Crippen molar-refractivity contribution in [1.82, 2.24) is 5.32 Å². The second kappa shape index (κ2) is 53.8. The first-order chi connectivity index (χ1) is 45.3. The number of aliphatic hydroxyl groups is 11. The predicted molar refractivity (Wildman–Crippen MR) is 364 cm³/mol. The Morgan fingerprint density at radius 1 is 0.398 bits per heavy atom. The SMILES string of the molecule is CC/C=C\C/C=C\C/C=C\C/C=C\C/C=C\C/C=C\C/C=C\C/C=C\C/C=C\C/C=C\C/C=C\C/C=C\CCCCC(=O)NC(COC1OC(CO)C(OC2OC(CO)C(OC3OC(CO)C(O)C(O)C3O)C(O)C2O)C(O)C1O)C(O)CCCCCCCCCCC. The summed E-state index contributed by atoms with van der Waals surface area (Å²) in [5.74, 6) is -0.295. The van der Waals surface area contributed by atoms with Gasteiger partial charge in [-0.3, -0.25) is 4.79 Å². The van der Waals surface area contributed by atoms with E-state index in [9.17, 15) is 61.0 Å². The molecular weight excluding hydrogens is 1190 g/mol. The lowest BCUT2D eigenvalue weighted by Crippen LogP contribution is -2.66. The van der Waals surface area contributed by atoms with Crippen LogP contribution in [0.25, 0.3) is 0 Å². The molecule has 1 amide bonds. The lowest BCUT2D eigenvalue weighted by Gasteiger charge is -2.48. The Balaban J connectivity index is 1.35. The Kier molecular flexibility index (Phi) is 47.9. The Morgan fingerprint density at radius 3 is 1.14 bits per heavy atom. The molecule has 17 unspecified atom stereocenters. The van der Waals surface area contributed by atoms with E-state index in [1.807, 2.05) is 0 Å². The molecule has 0 aromatic carbocycles. The summed E-state index contributed by atoms with van der Waals surface area (Å²) in [6.07, 6.45) is 49.7. The van der Waals surface area contributed by atoms with Crippen molar-refractivity contribution < 1.29 is 89.4 Å². The molecular formula is C74H119NO18. The maximum Gasteiger partial charge on any atom is 0.220 e. The van der Waals surface area contributed by atoms with Crippen molar-refractivity contribution in [2.75, 3.05) is 26.4 Å². The van der Waals surface area contributed by atoms with E-state index in [2.05, 4.69) is 165 Å². The maximum absolute atomic E-state index is 13.3. The third-order valence-electron chi connectivity index (χ3n) is 16.2. The first-order valence-electron chi connectivity index (χ1n) is 34.6. The molecule has 0 aliphatic carbocycles. The molecule has 93 heavy (non-hydrogen) atoms. The summed E-state index contributed by atoms with van der Waals surface area (Å²) in [5.41, 5.74) is 0. The van der Waals surface area contributed by atoms with Crippen LogP contribution in [0.4, 0.5) is 0 Å². The average Bonchev–Trinajstić information content (AvgIpc) is 0.828. The van der Waals surface area contributed by atoms with Gasteiger partial charge in [0.15, 0.2) is 18.9 Å². The van der Waals surface area contributed by atoms with E-state index in [0.29, 0.717) is 19.3 Å². The van der Waals surface area contributed by atoms with Crippen LogP contribution in [0.2, 0.25) is 0 Å². The highest BCUT2D eigenvalue weighted by atomic mass is 16.8. The number of nitrogens with one attached hydrogen (secondary N) is 1. The average molecular weight is 1310 g/mol. The summed E-state index contributed by atoms with van der Waals surface area (Å²) < 4.78 is 34.2. The molecule has 3 aliphatic rings. The summed E-state index contributed by atoms with van der Waals surface area (Å²) >= 11 is 0. The Labute approximate surface area is 555 Å². The fourth-order valence-electron chi connectivity index (χ4n) is 10.6. The molecule has 0 aromatic rings. The second-order valence-electron chi connectivity index (χ2n) is 23.9. The second-order valence-corrected chi connectivity index (χ2v) is 23.9. The molecule has 0 aromatic heterocycles. The van der Waals surface area contributed by atoms with E-state index in [4.69, 9.17) is 28.4 Å². The zero-order valence-electron chi connectivity index (χ0n) is 55.7. The topological polar surface area (TPSA) is 307 Å². The zero-order valence-corrected chi connectivity index (χ0v) is 55.7. The van der Waals surface area contributed by atoms with Crippen LogP contribution in [0.3, 0.4) is 0 Å². The standard InChI is InChI=1S/C74H119NO18/c1-3-5-7-9-11-13-14-15-16-17-18-19-20-21-22-23-24-25-26-27-28-29-30-31-32-33-34-35-36-37-38-39-40-41-42-44-46-48-50-52-62(80)75-57(58(79)51-49-47-45-43-12-10-8-6-4-2)56-88-72-68(86)65(83)70(60(54-77)90-72)93-74-69(87)66(84)71(61(55-78)91-74)92-73-67(85)64(82)63(81)59(53-76)89-73/h5,7,11,13,15-16,18-19,21-22,24-25,27-28,30-31,33-34,36-37,39-40,42,44,57-61,63-74,76-79,81-87H,3-4,6,8-10,12,14,17,20,23,26,29,32,35,38,41,43,45-56H2,1-2H3,(H,75,80)/b7-5-,13-11-,16-15-,19-18-,22-21-,25-24-,28-27-,31-30-,34-33-,37-36-,40-39-,44-42-. The molecule has 0 saturated carbocycles. The van der Waals surface area contributed by atoms with Gasteiger partial charge in [-0.2, -0.15) is 0 Å². The van der Waals surface area contributed by atoms with E-state index in [1.54, 1.807) is 0 Å². The molecule has 3 rings (SSSR count). The minimum absolute atomic E-state index is 0.200. The molecule has 12 N–H and O–H groups in total. The van der Waals surface area contributed by atoms with Gasteiger partial charge in [-0.25, -0.2) is 0 Å². The van der Waals surface area contributed by atoms with Crippen molar-refractivity contribution in [2.24, 2.45) is 0 Å². The quantitative estimate of drug-likeness (QED) is 0.0199. The molecule has 3 saturated heterocycles. The summed E-state index contributed by atoms with van der Waals surface area (Å²) in [7, 11) is 0. The van der Waals surface area contributed by atoms with Gasteiger partial charge in [0.25, 0.3) is 0 Å². The molecule has 0 radical (unpaired) electrons. The first kappa shape index (κ1) is 82.9. The number of amides is 1. The fourth-order valence-corrected chi connectivity index (χ4v) is 10.6. The minimum atomic E-state index is -1.98. The van der Waals surface area contributed by atoms with E-state index in [-0.39, 0.29) is 18.9 Å². The maximum atomic E-state index is 13.3. The summed E-state index contributed by atoms with van der Waals surface area (Å²) in [6, 6.07) is -0.919. The van der Waals surface area contributed by atoms with E-state index < -0.39 is 124 Å². The van der Waals surface area contributed by atoms with Crippen molar-refractivity contribution in [3.63, 3.8) is 0 Å². The Hall–Kier alpha value is -4.33. The monoisotopic (exact) mass is 1310 g/mol. The Bertz CT molecular complexity index is 2250. The smallest absolute Gasteiger partial charge is 0.220 e. The number of carbonyl (C=O) groups is 1. The number of unbranched alkanes of at least 4 members (excludes halogenated alkanes) is 10. The molecule has 3 aliphatic heterocycles. The minimum Gasteiger partial charge on any atom is -0.394 e. The summed E-state index contributed by atoms with van der Waals surface area (Å²) in [5, 5.41) is 120. The number of rotatable bonds is 50. The zero-order chi connectivity index (χ0) is 67.5. The highest BCUT2D eigenvalue weighted by Crippen LogP contribution is 2.33. The third kappa shape index (κ3) is 35.5. The van der Waals surface area contributed by atoms with Gasteiger partial charge in [-0.1, -0.05) is 217 Å². The number of hydrogen-bond acceptors (Lipinski definition) is 18. The summed E-state index contributed by atoms with van der Waals surface area (Å²) in [4.78, 5) is 13.3. The van der Waals surface area contributed by atoms with Gasteiger partial charge in [-0.05, 0) is 103 Å². The number of carbonyl (C=O) groups excluding carboxylic acids is 1. The van der Waals surface area contributed by atoms with Gasteiger partial charge in [-0.15, -0.1) is 0 Å². The van der Waals surface area contributed by atoms with Crippen LogP contribution >= 0.6 is 0 Å². The third-order valence-corrected chi connectivity index (χ3v) is 16.2. The van der Waals surface area contributed by atoms with Crippen LogP contribution in [0.5, 0.6) is 0 Å². The van der Waals surface area contributed by atoms with Crippen LogP contribution in [0, 0.1) is 0 Å². The lowest BCUT2D eigenvalue weighted by molar-refractivity contribution is -0.379. The molecule has 3 heterocycles. The number of allylic oxidation sites excluding steroid dienone is 24. The van der Waals surface area contributed by atoms with Crippen molar-refractivity contribution in [1.29, 1.82) is 0 Å². The molecule has 19 heteroatoms. The van der Waals surface area contributed by atoms with E-state index >= 15 is 0 Å². The van der Waals surface area contributed by atoms with Gasteiger partial charge < -0.3 is 89.9 Å². The fraction of sp³-hybridized carbons (Fsp3) is 0.662. The van der Waals surface area contributed by atoms with E-state index in [1.165, 1.54) is 25.7 Å². The normalized spacial score (nSPS) is 28.5. The summed E-state index contributed by atoms with van der Waals surface area (Å²) in [6.45, 7) is 1.57. The van der Waals surface area contributed by atoms with Gasteiger partial charge in [0.2, 0.25) is 5.91 Å². The van der Waals surface area contributed by atoms with Crippen LogP contribution < -0.4 is 5.32 Å². The highest BCUT2D eigenvalue weighted by Gasteiger charge is 2.53. The molecule has 0 spiro atoms. The number of ether oxygens (including phenoxy) is 6. The highest BCUT2D eigenvalue weighted by molar-refractivity contribution is 5.76. The van der Waals surface area contributed by atoms with Crippen LogP contribution in [0.1, 0.15) is 181 Å². The van der Waals surface area contributed by atoms with Gasteiger partial charge >= 0.3 is 0 Å². The molecule has 19 nitrogen and oxygen atoms in total. The van der Waals surface area contributed by atoms with Crippen LogP contribution in [-0.4, -0.2) is 193 Å². The Morgan fingerprint density at radius 2 is 0.742 bits per heavy atom. The largest absolute Gasteiger partial charge is 0.394 e.